The molecule has 0 amide bonds. The minimum atomic E-state index is -1.17. The molecule has 0 aromatic carbocycles. The molecule has 0 aliphatic heterocycles. The van der Waals surface area contributed by atoms with E-state index in [0.29, 0.717) is 35.5 Å². The topological polar surface area (TPSA) is 161 Å². The zero-order valence-electron chi connectivity index (χ0n) is 33.9. The van der Waals surface area contributed by atoms with Gasteiger partial charge >= 0.3 is 11.9 Å². The lowest BCUT2D eigenvalue weighted by Crippen LogP contribution is -2.66. The highest BCUT2D eigenvalue weighted by Crippen LogP contribution is 2.76. The summed E-state index contributed by atoms with van der Waals surface area (Å²) in [5.41, 5.74) is 0.716. The van der Waals surface area contributed by atoms with Gasteiger partial charge in [0.15, 0.2) is 11.6 Å². The van der Waals surface area contributed by atoms with E-state index in [-0.39, 0.29) is 51.8 Å². The molecule has 0 spiro atoms. The fourth-order valence-corrected chi connectivity index (χ4v) is 13.2. The smallest absolute Gasteiger partial charge is 0.309 e. The maximum Gasteiger partial charge on any atom is 0.309 e. The predicted octanol–water partition coefficient (Wildman–Crippen LogP) is 7.79. The Morgan fingerprint density at radius 1 is 0.981 bits per heavy atom. The summed E-state index contributed by atoms with van der Waals surface area (Å²) in [5.74, 6) is 1.67. The standard InChI is InChI=1S/C43H58N6O5/c1-24(2)32-27(50)19-43(36-48-47-35(49(36)10)34-45-22-25(21-44)23-46-34)18-17-41(8)26(33(32)43)11-12-29-40(7)15-14-30(54-31(51)20-38(3,4)37(52)53)39(5,6)28(40)13-16-42(29,41)9/h22-24,26,28-30H,11-20H2,1-10H3,(H,52,53)/t26-,28?,29-,30+,40+,41-,42-,43-/m1/s1. The molecule has 0 radical (unpaired) electrons. The molecule has 290 valence electrons. The molecule has 1 unspecified atom stereocenters. The number of carbonyl (C=O) groups excluding carboxylic acids is 2. The molecule has 5 aliphatic carbocycles. The number of aromatic nitrogens is 5. The van der Waals surface area contributed by atoms with E-state index in [1.807, 2.05) is 11.6 Å². The molecular formula is C43H58N6O5. The monoisotopic (exact) mass is 738 g/mol. The number of carboxylic acids is 1. The van der Waals surface area contributed by atoms with Gasteiger partial charge in [0.2, 0.25) is 5.82 Å². The second-order valence-electron chi connectivity index (χ2n) is 19.8. The number of carbonyl (C=O) groups is 3. The first-order chi connectivity index (χ1) is 25.2. The highest BCUT2D eigenvalue weighted by atomic mass is 16.5. The molecule has 0 saturated heterocycles. The molecule has 2 heterocycles. The summed E-state index contributed by atoms with van der Waals surface area (Å²) < 4.78 is 8.16. The number of Topliss-reactive ketones (excluding diaryl/α,β-unsaturated/α-hetero) is 1. The van der Waals surface area contributed by atoms with Gasteiger partial charge in [-0.25, -0.2) is 9.97 Å². The number of ether oxygens (including phenoxy) is 1. The second-order valence-corrected chi connectivity index (χ2v) is 19.8. The highest BCUT2D eigenvalue weighted by molar-refractivity contribution is 6.01. The van der Waals surface area contributed by atoms with E-state index in [9.17, 15) is 24.8 Å². The van der Waals surface area contributed by atoms with E-state index in [0.717, 1.165) is 62.8 Å². The Bertz CT molecular complexity index is 1970. The van der Waals surface area contributed by atoms with Crippen LogP contribution in [0.2, 0.25) is 0 Å². The molecule has 2 aromatic heterocycles. The van der Waals surface area contributed by atoms with E-state index in [1.165, 1.54) is 18.0 Å². The van der Waals surface area contributed by atoms with E-state index < -0.39 is 22.8 Å². The SMILES string of the molecule is CC(C)C1=C2[C@H]3CC[C@@H]4[C@@]5(C)CC[C@H](OC(=O)CC(C)(C)C(=O)O)C(C)(C)C5CC[C@@]4(C)[C@]3(C)CC[C@@]2(c2nnc(-c3ncc(C#N)cn3)n2C)CC1=O. The Labute approximate surface area is 319 Å². The van der Waals surface area contributed by atoms with Gasteiger partial charge in [0, 0.05) is 31.3 Å². The quantitative estimate of drug-likeness (QED) is 0.278. The summed E-state index contributed by atoms with van der Waals surface area (Å²) in [6.45, 7) is 19.6. The Hall–Kier alpha value is -3.94. The van der Waals surface area contributed by atoms with Gasteiger partial charge in [-0.2, -0.15) is 5.26 Å². The van der Waals surface area contributed by atoms with Gasteiger partial charge in [0.25, 0.3) is 0 Å². The number of ketones is 1. The predicted molar refractivity (Wildman–Crippen MR) is 201 cm³/mol. The lowest BCUT2D eigenvalue weighted by Gasteiger charge is -2.72. The second kappa shape index (κ2) is 12.5. The van der Waals surface area contributed by atoms with Gasteiger partial charge in [0.05, 0.1) is 22.8 Å². The van der Waals surface area contributed by atoms with Crippen LogP contribution in [0.25, 0.3) is 11.6 Å². The van der Waals surface area contributed by atoms with Crippen LogP contribution < -0.4 is 0 Å². The summed E-state index contributed by atoms with van der Waals surface area (Å²) in [7, 11) is 1.95. The number of allylic oxidation sites excluding steroid dienone is 2. The Morgan fingerprint density at radius 2 is 1.67 bits per heavy atom. The average Bonchev–Trinajstić information content (AvgIpc) is 3.63. The van der Waals surface area contributed by atoms with Gasteiger partial charge in [-0.1, -0.05) is 48.5 Å². The van der Waals surface area contributed by atoms with Crippen molar-refractivity contribution >= 4 is 17.7 Å². The van der Waals surface area contributed by atoms with E-state index in [2.05, 4.69) is 69.6 Å². The highest BCUT2D eigenvalue weighted by Gasteiger charge is 2.71. The third-order valence-corrected chi connectivity index (χ3v) is 16.1. The lowest BCUT2D eigenvalue weighted by molar-refractivity contribution is -0.232. The Balaban J connectivity index is 1.22. The fraction of sp³-hybridized carbons (Fsp3) is 0.721. The van der Waals surface area contributed by atoms with Crippen molar-refractivity contribution in [2.75, 3.05) is 0 Å². The summed E-state index contributed by atoms with van der Waals surface area (Å²) in [6, 6.07) is 2.07. The van der Waals surface area contributed by atoms with E-state index in [4.69, 9.17) is 9.84 Å². The molecular weight excluding hydrogens is 681 g/mol. The maximum atomic E-state index is 14.3. The number of nitrogens with zero attached hydrogens (tertiary/aromatic N) is 6. The number of hydrogen-bond donors (Lipinski definition) is 1. The number of rotatable bonds is 7. The van der Waals surface area contributed by atoms with E-state index >= 15 is 0 Å². The number of esters is 1. The van der Waals surface area contributed by atoms with Gasteiger partial charge in [-0.3, -0.25) is 14.4 Å². The molecule has 2 aromatic rings. The van der Waals surface area contributed by atoms with Crippen molar-refractivity contribution in [1.29, 1.82) is 5.26 Å². The number of hydrogen-bond acceptors (Lipinski definition) is 9. The van der Waals surface area contributed by atoms with Crippen molar-refractivity contribution in [2.45, 2.75) is 138 Å². The summed E-state index contributed by atoms with van der Waals surface area (Å²) in [4.78, 5) is 48.0. The van der Waals surface area contributed by atoms with Crippen molar-refractivity contribution in [1.82, 2.24) is 24.7 Å². The normalized spacial score (nSPS) is 35.8. The number of nitriles is 1. The van der Waals surface area contributed by atoms with Crippen LogP contribution in [0.1, 0.15) is 138 Å². The van der Waals surface area contributed by atoms with Crippen molar-refractivity contribution < 1.29 is 24.2 Å². The summed E-state index contributed by atoms with van der Waals surface area (Å²) in [5, 5.41) is 28.3. The van der Waals surface area contributed by atoms with Crippen molar-refractivity contribution in [3.8, 4) is 17.7 Å². The molecule has 54 heavy (non-hydrogen) atoms. The van der Waals surface area contributed by atoms with E-state index in [1.54, 1.807) is 13.8 Å². The number of carboxylic acid groups (broad SMARTS) is 1. The van der Waals surface area contributed by atoms with Crippen LogP contribution in [0.5, 0.6) is 0 Å². The van der Waals surface area contributed by atoms with Crippen LogP contribution in [0.4, 0.5) is 0 Å². The zero-order valence-corrected chi connectivity index (χ0v) is 33.9. The van der Waals surface area contributed by atoms with Crippen LogP contribution in [-0.2, 0) is 31.6 Å². The minimum absolute atomic E-state index is 0.0283. The van der Waals surface area contributed by atoms with Gasteiger partial charge < -0.3 is 14.4 Å². The van der Waals surface area contributed by atoms with Crippen LogP contribution >= 0.6 is 0 Å². The molecule has 0 bridgehead atoms. The van der Waals surface area contributed by atoms with Crippen molar-refractivity contribution in [3.63, 3.8) is 0 Å². The van der Waals surface area contributed by atoms with Gasteiger partial charge in [-0.05, 0) is 116 Å². The fourth-order valence-electron chi connectivity index (χ4n) is 13.2. The number of fused-ring (bicyclic) bond motifs is 7. The molecule has 11 heteroatoms. The Kier molecular flexibility index (Phi) is 8.90. The maximum absolute atomic E-state index is 14.3. The summed E-state index contributed by atoms with van der Waals surface area (Å²) in [6.07, 6.45) is 10.7. The first kappa shape index (κ1) is 38.3. The van der Waals surface area contributed by atoms with Crippen LogP contribution in [0.15, 0.2) is 23.5 Å². The third-order valence-electron chi connectivity index (χ3n) is 16.1. The lowest BCUT2D eigenvalue weighted by atomic mass is 9.33. The van der Waals surface area contributed by atoms with Gasteiger partial charge in [0.1, 0.15) is 18.0 Å². The first-order valence-electron chi connectivity index (χ1n) is 20.0. The molecule has 1 N–H and O–H groups in total. The molecule has 8 atom stereocenters. The molecule has 4 saturated carbocycles. The molecule has 4 fully saturated rings. The first-order valence-corrected chi connectivity index (χ1v) is 20.0. The number of aliphatic carboxylic acids is 1. The zero-order chi connectivity index (χ0) is 39.4. The summed E-state index contributed by atoms with van der Waals surface area (Å²) >= 11 is 0. The third kappa shape index (κ3) is 5.27. The molecule has 5 aliphatic rings. The molecule has 7 rings (SSSR count). The van der Waals surface area contributed by atoms with Crippen LogP contribution in [0, 0.1) is 62.1 Å². The minimum Gasteiger partial charge on any atom is -0.481 e. The van der Waals surface area contributed by atoms with Crippen molar-refractivity contribution in [2.24, 2.45) is 57.8 Å². The molecule has 11 nitrogen and oxygen atoms in total. The van der Waals surface area contributed by atoms with Crippen LogP contribution in [0.3, 0.4) is 0 Å². The van der Waals surface area contributed by atoms with Gasteiger partial charge in [-0.15, -0.1) is 10.2 Å². The van der Waals surface area contributed by atoms with Crippen molar-refractivity contribution in [3.05, 3.63) is 34.9 Å². The average molecular weight is 739 g/mol. The largest absolute Gasteiger partial charge is 0.481 e. The Morgan fingerprint density at radius 3 is 2.30 bits per heavy atom. The van der Waals surface area contributed by atoms with Crippen LogP contribution in [-0.4, -0.2) is 53.7 Å².